The van der Waals surface area contributed by atoms with Crippen LogP contribution >= 0.6 is 34.8 Å². The molecule has 0 saturated heterocycles. The van der Waals surface area contributed by atoms with Crippen LogP contribution in [0, 0.1) is 12.7 Å². The van der Waals surface area contributed by atoms with E-state index in [0.717, 1.165) is 10.6 Å². The van der Waals surface area contributed by atoms with E-state index >= 15 is 0 Å². The van der Waals surface area contributed by atoms with Gasteiger partial charge in [-0.2, -0.15) is 0 Å². The van der Waals surface area contributed by atoms with Crippen molar-refractivity contribution in [3.63, 3.8) is 0 Å². The Labute approximate surface area is 181 Å². The van der Waals surface area contributed by atoms with Gasteiger partial charge in [0.25, 0.3) is 5.56 Å². The zero-order valence-electron chi connectivity index (χ0n) is 15.4. The van der Waals surface area contributed by atoms with Gasteiger partial charge in [0.1, 0.15) is 11.4 Å². The van der Waals surface area contributed by atoms with Crippen molar-refractivity contribution >= 4 is 40.8 Å². The number of carboxylic acid groups (broad SMARTS) is 1. The first-order valence-corrected chi connectivity index (χ1v) is 9.73. The predicted octanol–water partition coefficient (Wildman–Crippen LogP) is 6.17. The van der Waals surface area contributed by atoms with Crippen LogP contribution in [0.15, 0.2) is 41.2 Å². The lowest BCUT2D eigenvalue weighted by Gasteiger charge is -2.20. The smallest absolute Gasteiger partial charge is 0.342 e. The van der Waals surface area contributed by atoms with Crippen LogP contribution in [0.5, 0.6) is 0 Å². The van der Waals surface area contributed by atoms with Crippen LogP contribution in [0.2, 0.25) is 15.1 Å². The minimum absolute atomic E-state index is 0.0743. The number of aromatic nitrogens is 1. The number of nitrogens with zero attached hydrogens (tertiary/aromatic N) is 1. The molecule has 1 aromatic heterocycles. The molecule has 29 heavy (non-hydrogen) atoms. The molecule has 0 bridgehead atoms. The molecule has 0 unspecified atom stereocenters. The molecule has 3 aromatic rings. The molecule has 0 spiro atoms. The Kier molecular flexibility index (Phi) is 6.03. The molecule has 0 saturated carbocycles. The highest BCUT2D eigenvalue weighted by atomic mass is 35.5. The van der Waals surface area contributed by atoms with Crippen molar-refractivity contribution in [3.8, 4) is 16.8 Å². The highest BCUT2D eigenvalue weighted by molar-refractivity contribution is 6.42. The molecule has 2 aromatic carbocycles. The van der Waals surface area contributed by atoms with Gasteiger partial charge in [0.15, 0.2) is 0 Å². The van der Waals surface area contributed by atoms with Gasteiger partial charge in [0, 0.05) is 16.3 Å². The van der Waals surface area contributed by atoms with Gasteiger partial charge < -0.3 is 5.11 Å². The van der Waals surface area contributed by atoms with E-state index in [4.69, 9.17) is 34.8 Å². The Hall–Kier alpha value is -2.34. The van der Waals surface area contributed by atoms with Gasteiger partial charge in [0.05, 0.1) is 15.7 Å². The van der Waals surface area contributed by atoms with E-state index in [1.807, 2.05) is 6.92 Å². The Balaban J connectivity index is 2.47. The number of hydrogen-bond donors (Lipinski definition) is 1. The van der Waals surface area contributed by atoms with Crippen molar-refractivity contribution in [3.05, 3.63) is 84.5 Å². The summed E-state index contributed by atoms with van der Waals surface area (Å²) in [6.45, 7) is 3.46. The fourth-order valence-corrected chi connectivity index (χ4v) is 3.85. The molecule has 0 aliphatic rings. The van der Waals surface area contributed by atoms with E-state index in [0.29, 0.717) is 28.3 Å². The molecular formula is C21H15Cl3FNO3. The van der Waals surface area contributed by atoms with E-state index < -0.39 is 22.9 Å². The standard InChI is InChI=1S/C21H15Cl3FNO3/c1-3-13-10(2)26(17-7-5-12(22)9-16(17)25)20(27)19(21(28)29)18(13)11-4-6-14(23)15(24)8-11/h4-9H,3H2,1-2H3,(H,28,29). The fraction of sp³-hybridized carbons (Fsp3) is 0.143. The molecule has 4 nitrogen and oxygen atoms in total. The van der Waals surface area contributed by atoms with Gasteiger partial charge in [0.2, 0.25) is 0 Å². The van der Waals surface area contributed by atoms with Crippen molar-refractivity contribution < 1.29 is 14.3 Å². The summed E-state index contributed by atoms with van der Waals surface area (Å²) in [5, 5.41) is 10.5. The molecule has 0 radical (unpaired) electrons. The third-order valence-corrected chi connectivity index (χ3v) is 5.64. The second-order valence-electron chi connectivity index (χ2n) is 6.34. The van der Waals surface area contributed by atoms with Crippen LogP contribution in [0.25, 0.3) is 16.8 Å². The van der Waals surface area contributed by atoms with Gasteiger partial charge in [-0.15, -0.1) is 0 Å². The summed E-state index contributed by atoms with van der Waals surface area (Å²) in [6.07, 6.45) is 0.400. The number of carbonyl (C=O) groups is 1. The van der Waals surface area contributed by atoms with Gasteiger partial charge in [-0.25, -0.2) is 9.18 Å². The summed E-state index contributed by atoms with van der Waals surface area (Å²) < 4.78 is 15.6. The summed E-state index contributed by atoms with van der Waals surface area (Å²) in [6, 6.07) is 8.49. The van der Waals surface area contributed by atoms with Crippen molar-refractivity contribution in [1.29, 1.82) is 0 Å². The second-order valence-corrected chi connectivity index (χ2v) is 7.59. The maximum absolute atomic E-state index is 14.6. The number of pyridine rings is 1. The van der Waals surface area contributed by atoms with Crippen molar-refractivity contribution in [2.75, 3.05) is 0 Å². The van der Waals surface area contributed by atoms with E-state index in [2.05, 4.69) is 0 Å². The van der Waals surface area contributed by atoms with Gasteiger partial charge in [-0.3, -0.25) is 9.36 Å². The molecule has 0 atom stereocenters. The number of benzene rings is 2. The summed E-state index contributed by atoms with van der Waals surface area (Å²) in [5.41, 5.74) is 0.285. The summed E-state index contributed by atoms with van der Waals surface area (Å²) in [7, 11) is 0. The van der Waals surface area contributed by atoms with Crippen LogP contribution in [0.1, 0.15) is 28.5 Å². The molecule has 1 heterocycles. The molecule has 0 aliphatic heterocycles. The number of aromatic carboxylic acids is 1. The van der Waals surface area contributed by atoms with Crippen molar-refractivity contribution in [2.24, 2.45) is 0 Å². The average Bonchev–Trinajstić information content (AvgIpc) is 2.65. The largest absolute Gasteiger partial charge is 0.477 e. The average molecular weight is 455 g/mol. The van der Waals surface area contributed by atoms with E-state index in [1.54, 1.807) is 13.0 Å². The number of rotatable bonds is 4. The number of carboxylic acids is 1. The van der Waals surface area contributed by atoms with Crippen molar-refractivity contribution in [1.82, 2.24) is 4.57 Å². The van der Waals surface area contributed by atoms with Gasteiger partial charge in [-0.1, -0.05) is 47.8 Å². The first kappa shape index (κ1) is 21.4. The number of halogens is 4. The molecule has 1 N–H and O–H groups in total. The molecule has 3 rings (SSSR count). The molecule has 150 valence electrons. The molecule has 8 heteroatoms. The lowest BCUT2D eigenvalue weighted by molar-refractivity contribution is 0.0695. The first-order chi connectivity index (χ1) is 13.7. The Bertz CT molecular complexity index is 1200. The SMILES string of the molecule is CCc1c(-c2ccc(Cl)c(Cl)c2)c(C(=O)O)c(=O)n(-c2ccc(Cl)cc2F)c1C. The lowest BCUT2D eigenvalue weighted by Crippen LogP contribution is -2.30. The summed E-state index contributed by atoms with van der Waals surface area (Å²) in [4.78, 5) is 25.3. The van der Waals surface area contributed by atoms with Gasteiger partial charge in [-0.05, 0) is 54.8 Å². The Morgan fingerprint density at radius 2 is 1.79 bits per heavy atom. The Morgan fingerprint density at radius 1 is 1.10 bits per heavy atom. The van der Waals surface area contributed by atoms with Crippen LogP contribution in [-0.2, 0) is 6.42 Å². The molecule has 0 aliphatic carbocycles. The summed E-state index contributed by atoms with van der Waals surface area (Å²) in [5.74, 6) is -2.16. The minimum atomic E-state index is -1.42. The maximum atomic E-state index is 14.6. The van der Waals surface area contributed by atoms with E-state index in [-0.39, 0.29) is 21.3 Å². The third-order valence-electron chi connectivity index (χ3n) is 4.67. The monoisotopic (exact) mass is 453 g/mol. The van der Waals surface area contributed by atoms with Gasteiger partial charge >= 0.3 is 5.97 Å². The highest BCUT2D eigenvalue weighted by Crippen LogP contribution is 2.34. The maximum Gasteiger partial charge on any atom is 0.342 e. The van der Waals surface area contributed by atoms with Crippen LogP contribution in [0.4, 0.5) is 4.39 Å². The quantitative estimate of drug-likeness (QED) is 0.512. The van der Waals surface area contributed by atoms with Crippen LogP contribution < -0.4 is 5.56 Å². The Morgan fingerprint density at radius 3 is 2.34 bits per heavy atom. The first-order valence-electron chi connectivity index (χ1n) is 8.60. The molecule has 0 amide bonds. The van der Waals surface area contributed by atoms with Crippen LogP contribution in [-0.4, -0.2) is 15.6 Å². The van der Waals surface area contributed by atoms with E-state index in [1.165, 1.54) is 24.3 Å². The molecule has 0 fully saturated rings. The van der Waals surface area contributed by atoms with Crippen LogP contribution in [0.3, 0.4) is 0 Å². The topological polar surface area (TPSA) is 59.3 Å². The summed E-state index contributed by atoms with van der Waals surface area (Å²) >= 11 is 17.9. The van der Waals surface area contributed by atoms with Crippen molar-refractivity contribution in [2.45, 2.75) is 20.3 Å². The van der Waals surface area contributed by atoms with E-state index in [9.17, 15) is 19.1 Å². The third kappa shape index (κ3) is 3.78. The lowest BCUT2D eigenvalue weighted by atomic mass is 9.92. The highest BCUT2D eigenvalue weighted by Gasteiger charge is 2.26. The fourth-order valence-electron chi connectivity index (χ4n) is 3.39. The normalized spacial score (nSPS) is 11.0. The number of hydrogen-bond acceptors (Lipinski definition) is 2. The second kappa shape index (κ2) is 8.19. The zero-order chi connectivity index (χ0) is 21.5. The molecular weight excluding hydrogens is 440 g/mol. The minimum Gasteiger partial charge on any atom is -0.477 e. The predicted molar refractivity (Wildman–Crippen MR) is 114 cm³/mol. The zero-order valence-corrected chi connectivity index (χ0v) is 17.7.